The summed E-state index contributed by atoms with van der Waals surface area (Å²) in [6.07, 6.45) is 3.93. The number of pyridine rings is 1. The molecule has 2 aromatic rings. The number of Topliss-reactive ketones (excluding diaryl/α,β-unsaturated/α-hetero) is 1. The molecule has 0 saturated heterocycles. The smallest absolute Gasteiger partial charge is 0.170 e. The normalized spacial score (nSPS) is 10.9. The van der Waals surface area contributed by atoms with Gasteiger partial charge in [0.05, 0.1) is 12.1 Å². The Morgan fingerprint density at radius 1 is 1.39 bits per heavy atom. The minimum atomic E-state index is 0.0645. The van der Waals surface area contributed by atoms with Crippen LogP contribution >= 0.6 is 0 Å². The molecule has 4 nitrogen and oxygen atoms in total. The van der Waals surface area contributed by atoms with Crippen molar-refractivity contribution in [3.05, 3.63) is 47.5 Å². The number of hydrogen-bond donors (Lipinski definition) is 0. The fourth-order valence-electron chi connectivity index (χ4n) is 1.80. The first-order chi connectivity index (χ1) is 8.58. The summed E-state index contributed by atoms with van der Waals surface area (Å²) in [6, 6.07) is 5.80. The van der Waals surface area contributed by atoms with Crippen LogP contribution in [-0.4, -0.2) is 20.5 Å². The maximum Gasteiger partial charge on any atom is 0.170 e. The first kappa shape index (κ1) is 12.5. The molecule has 0 radical (unpaired) electrons. The molecular weight excluding hydrogens is 226 g/mol. The molecule has 2 rings (SSSR count). The van der Waals surface area contributed by atoms with E-state index in [1.54, 1.807) is 12.3 Å². The molecule has 2 heterocycles. The van der Waals surface area contributed by atoms with E-state index >= 15 is 0 Å². The standard InChI is InChI=1S/C14H17N3O/c1-10(2)17-8-6-12(16-17)9-14(18)13-5-4-7-15-11(13)3/h4-8,10H,9H2,1-3H3. The van der Waals surface area contributed by atoms with Crippen molar-refractivity contribution in [3.63, 3.8) is 0 Å². The van der Waals surface area contributed by atoms with Gasteiger partial charge in [0.2, 0.25) is 0 Å². The van der Waals surface area contributed by atoms with Crippen molar-refractivity contribution in [2.75, 3.05) is 0 Å². The highest BCUT2D eigenvalue weighted by Crippen LogP contribution is 2.10. The number of nitrogens with zero attached hydrogens (tertiary/aromatic N) is 3. The van der Waals surface area contributed by atoms with Gasteiger partial charge in [-0.2, -0.15) is 5.10 Å². The number of ketones is 1. The molecule has 4 heteroatoms. The van der Waals surface area contributed by atoms with Gasteiger partial charge in [-0.15, -0.1) is 0 Å². The monoisotopic (exact) mass is 243 g/mol. The van der Waals surface area contributed by atoms with Crippen molar-refractivity contribution in [2.45, 2.75) is 33.2 Å². The zero-order chi connectivity index (χ0) is 13.1. The molecule has 0 amide bonds. The number of carbonyl (C=O) groups excluding carboxylic acids is 1. The largest absolute Gasteiger partial charge is 0.294 e. The van der Waals surface area contributed by atoms with Gasteiger partial charge in [-0.3, -0.25) is 14.5 Å². The van der Waals surface area contributed by atoms with Crippen LogP contribution in [-0.2, 0) is 6.42 Å². The van der Waals surface area contributed by atoms with Crippen LogP contribution in [0.3, 0.4) is 0 Å². The Hall–Kier alpha value is -1.97. The second-order valence-corrected chi connectivity index (χ2v) is 4.62. The molecule has 0 aliphatic carbocycles. The molecule has 18 heavy (non-hydrogen) atoms. The Labute approximate surface area is 107 Å². The molecule has 2 aromatic heterocycles. The lowest BCUT2D eigenvalue weighted by atomic mass is 10.1. The third kappa shape index (κ3) is 2.64. The van der Waals surface area contributed by atoms with Gasteiger partial charge in [-0.1, -0.05) is 0 Å². The van der Waals surface area contributed by atoms with Crippen LogP contribution in [0.15, 0.2) is 30.6 Å². The van der Waals surface area contributed by atoms with E-state index in [4.69, 9.17) is 0 Å². The fourth-order valence-corrected chi connectivity index (χ4v) is 1.80. The average Bonchev–Trinajstić information content (AvgIpc) is 2.78. The lowest BCUT2D eigenvalue weighted by Gasteiger charge is -2.04. The number of aryl methyl sites for hydroxylation is 1. The lowest BCUT2D eigenvalue weighted by Crippen LogP contribution is -2.08. The van der Waals surface area contributed by atoms with Crippen molar-refractivity contribution >= 4 is 5.78 Å². The Balaban J connectivity index is 2.14. The maximum atomic E-state index is 12.1. The molecule has 0 aliphatic rings. The molecule has 0 saturated carbocycles. The average molecular weight is 243 g/mol. The SMILES string of the molecule is Cc1ncccc1C(=O)Cc1ccn(C(C)C)n1. The summed E-state index contributed by atoms with van der Waals surface area (Å²) in [7, 11) is 0. The first-order valence-corrected chi connectivity index (χ1v) is 6.07. The summed E-state index contributed by atoms with van der Waals surface area (Å²) in [5.41, 5.74) is 2.25. The Bertz CT molecular complexity index is 558. The van der Waals surface area contributed by atoms with E-state index in [2.05, 4.69) is 23.9 Å². The van der Waals surface area contributed by atoms with Gasteiger partial charge in [-0.05, 0) is 39.0 Å². The van der Waals surface area contributed by atoms with Crippen LogP contribution < -0.4 is 0 Å². The van der Waals surface area contributed by atoms with Crippen LogP contribution in [0.2, 0.25) is 0 Å². The van der Waals surface area contributed by atoms with Gasteiger partial charge in [0.25, 0.3) is 0 Å². The maximum absolute atomic E-state index is 12.1. The summed E-state index contributed by atoms with van der Waals surface area (Å²) in [6.45, 7) is 5.97. The number of aromatic nitrogens is 3. The predicted molar refractivity (Wildman–Crippen MR) is 69.6 cm³/mol. The van der Waals surface area contributed by atoms with Gasteiger partial charge >= 0.3 is 0 Å². The summed E-state index contributed by atoms with van der Waals surface area (Å²) in [4.78, 5) is 16.3. The van der Waals surface area contributed by atoms with Crippen molar-refractivity contribution in [1.82, 2.24) is 14.8 Å². The van der Waals surface area contributed by atoms with Crippen molar-refractivity contribution in [2.24, 2.45) is 0 Å². The Kier molecular flexibility index (Phi) is 3.55. The van der Waals surface area contributed by atoms with E-state index in [1.165, 1.54) is 0 Å². The van der Waals surface area contributed by atoms with Crippen LogP contribution in [0.4, 0.5) is 0 Å². The Morgan fingerprint density at radius 3 is 2.78 bits per heavy atom. The van der Waals surface area contributed by atoms with Gasteiger partial charge in [0, 0.05) is 29.7 Å². The van der Waals surface area contributed by atoms with Gasteiger partial charge < -0.3 is 0 Å². The highest BCUT2D eigenvalue weighted by atomic mass is 16.1. The number of hydrogen-bond acceptors (Lipinski definition) is 3. The van der Waals surface area contributed by atoms with E-state index in [1.807, 2.05) is 29.9 Å². The third-order valence-corrected chi connectivity index (χ3v) is 2.84. The van der Waals surface area contributed by atoms with Crippen molar-refractivity contribution in [1.29, 1.82) is 0 Å². The molecule has 0 N–H and O–H groups in total. The second kappa shape index (κ2) is 5.12. The molecule has 0 fully saturated rings. The van der Waals surface area contributed by atoms with Gasteiger partial charge in [0.15, 0.2) is 5.78 Å². The topological polar surface area (TPSA) is 47.8 Å². The molecule has 94 valence electrons. The molecule has 0 bridgehead atoms. The van der Waals surface area contributed by atoms with Crippen LogP contribution in [0.1, 0.15) is 41.6 Å². The number of carbonyl (C=O) groups is 1. The lowest BCUT2D eigenvalue weighted by molar-refractivity contribution is 0.0990. The van der Waals surface area contributed by atoms with Crippen LogP contribution in [0.25, 0.3) is 0 Å². The zero-order valence-electron chi connectivity index (χ0n) is 10.9. The summed E-state index contributed by atoms with van der Waals surface area (Å²) < 4.78 is 1.86. The van der Waals surface area contributed by atoms with E-state index in [0.29, 0.717) is 18.0 Å². The van der Waals surface area contributed by atoms with Gasteiger partial charge in [-0.25, -0.2) is 0 Å². The van der Waals surface area contributed by atoms with Crippen LogP contribution in [0.5, 0.6) is 0 Å². The molecule has 0 unspecified atom stereocenters. The van der Waals surface area contributed by atoms with Gasteiger partial charge in [0.1, 0.15) is 0 Å². The van der Waals surface area contributed by atoms with Crippen molar-refractivity contribution < 1.29 is 4.79 Å². The predicted octanol–water partition coefficient (Wildman–Crippen LogP) is 2.59. The molecule has 0 atom stereocenters. The van der Waals surface area contributed by atoms with E-state index < -0.39 is 0 Å². The third-order valence-electron chi connectivity index (χ3n) is 2.84. The molecular formula is C14H17N3O. The molecule has 0 aliphatic heterocycles. The Morgan fingerprint density at radius 2 is 2.17 bits per heavy atom. The van der Waals surface area contributed by atoms with E-state index in [9.17, 15) is 4.79 Å². The summed E-state index contributed by atoms with van der Waals surface area (Å²) >= 11 is 0. The summed E-state index contributed by atoms with van der Waals surface area (Å²) in [5, 5.41) is 4.38. The quantitative estimate of drug-likeness (QED) is 0.775. The zero-order valence-corrected chi connectivity index (χ0v) is 10.9. The molecule has 0 aromatic carbocycles. The van der Waals surface area contributed by atoms with Crippen LogP contribution in [0, 0.1) is 6.92 Å². The summed E-state index contributed by atoms with van der Waals surface area (Å²) in [5.74, 6) is 0.0645. The minimum Gasteiger partial charge on any atom is -0.294 e. The molecule has 0 spiro atoms. The fraction of sp³-hybridized carbons (Fsp3) is 0.357. The van der Waals surface area contributed by atoms with Crippen molar-refractivity contribution in [3.8, 4) is 0 Å². The van der Waals surface area contributed by atoms with E-state index in [0.717, 1.165) is 11.4 Å². The second-order valence-electron chi connectivity index (χ2n) is 4.62. The minimum absolute atomic E-state index is 0.0645. The first-order valence-electron chi connectivity index (χ1n) is 6.07. The number of rotatable bonds is 4. The highest BCUT2D eigenvalue weighted by molar-refractivity contribution is 5.98. The highest BCUT2D eigenvalue weighted by Gasteiger charge is 2.12. The van der Waals surface area contributed by atoms with E-state index in [-0.39, 0.29) is 5.78 Å².